The van der Waals surface area contributed by atoms with Crippen LogP contribution in [0.25, 0.3) is 11.3 Å². The average molecular weight is 427 g/mol. The number of nitrogens with two attached hydrogens (primary N) is 1. The second-order valence-corrected chi connectivity index (χ2v) is 7.12. The van der Waals surface area contributed by atoms with E-state index < -0.39 is 18.0 Å². The number of nitrogens with zero attached hydrogens (tertiary/aromatic N) is 1. The molecule has 3 N–H and O–H groups in total. The van der Waals surface area contributed by atoms with Gasteiger partial charge in [0.2, 0.25) is 0 Å². The molecule has 0 spiro atoms. The Bertz CT molecular complexity index is 1050. The van der Waals surface area contributed by atoms with Crippen molar-refractivity contribution in [3.63, 3.8) is 0 Å². The van der Waals surface area contributed by atoms with Crippen LogP contribution in [0.15, 0.2) is 47.8 Å². The van der Waals surface area contributed by atoms with E-state index in [2.05, 4.69) is 10.3 Å². The molecule has 9 heteroatoms. The van der Waals surface area contributed by atoms with Crippen molar-refractivity contribution in [2.45, 2.75) is 13.0 Å². The maximum atomic E-state index is 12.4. The number of aromatic nitrogens is 1. The van der Waals surface area contributed by atoms with Crippen molar-refractivity contribution in [1.29, 1.82) is 0 Å². The van der Waals surface area contributed by atoms with Gasteiger partial charge in [0, 0.05) is 16.6 Å². The monoisotopic (exact) mass is 427 g/mol. The summed E-state index contributed by atoms with van der Waals surface area (Å²) in [6.07, 6.45) is -0.997. The lowest BCUT2D eigenvalue weighted by Crippen LogP contribution is -2.29. The molecule has 0 aliphatic heterocycles. The Labute approximate surface area is 177 Å². The Morgan fingerprint density at radius 2 is 1.77 bits per heavy atom. The number of hydrogen-bond donors (Lipinski definition) is 2. The fraction of sp³-hybridized carbons (Fsp3) is 0.190. The van der Waals surface area contributed by atoms with Gasteiger partial charge in [-0.25, -0.2) is 9.78 Å². The molecule has 0 saturated heterocycles. The second kappa shape index (κ2) is 9.27. The van der Waals surface area contributed by atoms with Crippen molar-refractivity contribution in [2.24, 2.45) is 0 Å². The molecule has 1 atom stereocenters. The number of carbonyl (C=O) groups is 2. The van der Waals surface area contributed by atoms with Crippen LogP contribution in [-0.4, -0.2) is 37.2 Å². The standard InChI is InChI=1S/C21H21N3O5S/c1-12(29-20(26)13-4-7-15(22)8-5-13)19(25)24-21-23-16(11-30-21)14-6-9-17(27-2)18(10-14)28-3/h4-12H,22H2,1-3H3,(H,23,24,25). The average Bonchev–Trinajstić information content (AvgIpc) is 3.22. The lowest BCUT2D eigenvalue weighted by atomic mass is 10.1. The maximum Gasteiger partial charge on any atom is 0.338 e. The summed E-state index contributed by atoms with van der Waals surface area (Å²) in [4.78, 5) is 28.9. The summed E-state index contributed by atoms with van der Waals surface area (Å²) in [6, 6.07) is 11.7. The SMILES string of the molecule is COc1ccc(-c2csc(NC(=O)C(C)OC(=O)c3ccc(N)cc3)n2)cc1OC. The molecule has 156 valence electrons. The predicted molar refractivity (Wildman–Crippen MR) is 115 cm³/mol. The second-order valence-electron chi connectivity index (χ2n) is 6.27. The summed E-state index contributed by atoms with van der Waals surface area (Å²) in [6.45, 7) is 1.49. The van der Waals surface area contributed by atoms with E-state index >= 15 is 0 Å². The maximum absolute atomic E-state index is 12.4. The minimum Gasteiger partial charge on any atom is -0.493 e. The first-order valence-electron chi connectivity index (χ1n) is 8.96. The summed E-state index contributed by atoms with van der Waals surface area (Å²) < 4.78 is 15.8. The van der Waals surface area contributed by atoms with Gasteiger partial charge in [0.05, 0.1) is 25.5 Å². The number of carbonyl (C=O) groups excluding carboxylic acids is 2. The van der Waals surface area contributed by atoms with Gasteiger partial charge in [-0.1, -0.05) is 0 Å². The number of thiazole rings is 1. The minimum absolute atomic E-state index is 0.314. The van der Waals surface area contributed by atoms with Gasteiger partial charge < -0.3 is 19.9 Å². The number of rotatable bonds is 7. The van der Waals surface area contributed by atoms with Crippen molar-refractivity contribution in [3.8, 4) is 22.8 Å². The highest BCUT2D eigenvalue weighted by Gasteiger charge is 2.20. The van der Waals surface area contributed by atoms with Crippen LogP contribution in [0.2, 0.25) is 0 Å². The number of anilines is 2. The minimum atomic E-state index is -0.997. The Balaban J connectivity index is 1.64. The quantitative estimate of drug-likeness (QED) is 0.438. The third-order valence-electron chi connectivity index (χ3n) is 4.21. The number of nitrogen functional groups attached to an aromatic ring is 1. The molecule has 1 heterocycles. The van der Waals surface area contributed by atoms with Gasteiger partial charge in [0.15, 0.2) is 22.7 Å². The molecule has 3 aromatic rings. The first-order valence-corrected chi connectivity index (χ1v) is 9.84. The van der Waals surface area contributed by atoms with E-state index in [1.165, 1.54) is 18.3 Å². The number of nitrogens with one attached hydrogen (secondary N) is 1. The van der Waals surface area contributed by atoms with E-state index in [-0.39, 0.29) is 0 Å². The molecular formula is C21H21N3O5S. The third kappa shape index (κ3) is 4.87. The Hall–Kier alpha value is -3.59. The molecule has 0 radical (unpaired) electrons. The molecule has 30 heavy (non-hydrogen) atoms. The molecule has 8 nitrogen and oxygen atoms in total. The number of methoxy groups -OCH3 is 2. The molecule has 0 fully saturated rings. The zero-order valence-electron chi connectivity index (χ0n) is 16.7. The number of benzene rings is 2. The van der Waals surface area contributed by atoms with Gasteiger partial charge in [-0.15, -0.1) is 11.3 Å². The van der Waals surface area contributed by atoms with Crippen LogP contribution in [-0.2, 0) is 9.53 Å². The van der Waals surface area contributed by atoms with Crippen LogP contribution in [0.1, 0.15) is 17.3 Å². The summed E-state index contributed by atoms with van der Waals surface area (Å²) >= 11 is 1.26. The topological polar surface area (TPSA) is 113 Å². The van der Waals surface area contributed by atoms with Gasteiger partial charge in [-0.05, 0) is 49.4 Å². The van der Waals surface area contributed by atoms with Crippen molar-refractivity contribution in [1.82, 2.24) is 4.98 Å². The third-order valence-corrected chi connectivity index (χ3v) is 4.97. The number of esters is 1. The van der Waals surface area contributed by atoms with Gasteiger partial charge >= 0.3 is 5.97 Å². The van der Waals surface area contributed by atoms with Crippen LogP contribution >= 0.6 is 11.3 Å². The number of amides is 1. The van der Waals surface area contributed by atoms with Gasteiger partial charge in [0.1, 0.15) is 0 Å². The summed E-state index contributed by atoms with van der Waals surface area (Å²) in [5, 5.41) is 4.86. The molecule has 1 unspecified atom stereocenters. The number of hydrogen-bond acceptors (Lipinski definition) is 8. The van der Waals surface area contributed by atoms with Crippen LogP contribution in [0.5, 0.6) is 11.5 Å². The highest BCUT2D eigenvalue weighted by Crippen LogP contribution is 2.33. The van der Waals surface area contributed by atoms with Gasteiger partial charge in [-0.2, -0.15) is 0 Å². The lowest BCUT2D eigenvalue weighted by Gasteiger charge is -2.12. The van der Waals surface area contributed by atoms with Crippen molar-refractivity contribution < 1.29 is 23.8 Å². The zero-order chi connectivity index (χ0) is 21.7. The molecule has 2 aromatic carbocycles. The smallest absolute Gasteiger partial charge is 0.338 e. The van der Waals surface area contributed by atoms with E-state index in [4.69, 9.17) is 19.9 Å². The number of ether oxygens (including phenoxy) is 3. The molecule has 0 aliphatic carbocycles. The molecule has 3 rings (SSSR count). The Morgan fingerprint density at radius 1 is 1.07 bits per heavy atom. The predicted octanol–water partition coefficient (Wildman–Crippen LogP) is 3.59. The van der Waals surface area contributed by atoms with E-state index in [1.54, 1.807) is 50.6 Å². The molecule has 1 aromatic heterocycles. The first kappa shape index (κ1) is 21.1. The van der Waals surface area contributed by atoms with E-state index in [1.807, 2.05) is 11.4 Å². The fourth-order valence-electron chi connectivity index (χ4n) is 2.57. The van der Waals surface area contributed by atoms with Crippen LogP contribution in [0.3, 0.4) is 0 Å². The Kier molecular flexibility index (Phi) is 6.53. The largest absolute Gasteiger partial charge is 0.493 e. The van der Waals surface area contributed by atoms with Crippen molar-refractivity contribution in [3.05, 3.63) is 53.4 Å². The van der Waals surface area contributed by atoms with Crippen LogP contribution in [0.4, 0.5) is 10.8 Å². The lowest BCUT2D eigenvalue weighted by molar-refractivity contribution is -0.123. The normalized spacial score (nSPS) is 11.4. The molecule has 1 amide bonds. The van der Waals surface area contributed by atoms with Crippen molar-refractivity contribution in [2.75, 3.05) is 25.3 Å². The first-order chi connectivity index (χ1) is 14.4. The van der Waals surface area contributed by atoms with Gasteiger partial charge in [0.25, 0.3) is 5.91 Å². The molecular weight excluding hydrogens is 406 g/mol. The highest BCUT2D eigenvalue weighted by atomic mass is 32.1. The summed E-state index contributed by atoms with van der Waals surface area (Å²) in [7, 11) is 3.12. The fourth-order valence-corrected chi connectivity index (χ4v) is 3.29. The van der Waals surface area contributed by atoms with E-state index in [9.17, 15) is 9.59 Å². The zero-order valence-corrected chi connectivity index (χ0v) is 17.5. The van der Waals surface area contributed by atoms with E-state index in [0.717, 1.165) is 5.56 Å². The summed E-state index contributed by atoms with van der Waals surface area (Å²) in [5.74, 6) is 0.105. The van der Waals surface area contributed by atoms with Crippen LogP contribution < -0.4 is 20.5 Å². The highest BCUT2D eigenvalue weighted by molar-refractivity contribution is 7.14. The molecule has 0 aliphatic rings. The molecule has 0 saturated carbocycles. The summed E-state index contributed by atoms with van der Waals surface area (Å²) in [5.41, 5.74) is 7.93. The van der Waals surface area contributed by atoms with Gasteiger partial charge in [-0.3, -0.25) is 10.1 Å². The Morgan fingerprint density at radius 3 is 2.43 bits per heavy atom. The molecule has 0 bridgehead atoms. The van der Waals surface area contributed by atoms with Crippen molar-refractivity contribution >= 4 is 34.0 Å². The van der Waals surface area contributed by atoms with Crippen LogP contribution in [0, 0.1) is 0 Å². The van der Waals surface area contributed by atoms with E-state index in [0.29, 0.717) is 33.6 Å².